The lowest BCUT2D eigenvalue weighted by Gasteiger charge is -2.06. The first-order valence-electron chi connectivity index (χ1n) is 7.38. The second kappa shape index (κ2) is 8.26. The number of rotatable bonds is 5. The monoisotopic (exact) mass is 390 g/mol. The van der Waals surface area contributed by atoms with Gasteiger partial charge in [-0.2, -0.15) is 5.10 Å². The van der Waals surface area contributed by atoms with E-state index in [4.69, 9.17) is 39.5 Å². The molecule has 0 saturated heterocycles. The first kappa shape index (κ1) is 17.6. The van der Waals surface area contributed by atoms with Crippen molar-refractivity contribution in [1.29, 1.82) is 0 Å². The summed E-state index contributed by atoms with van der Waals surface area (Å²) in [5, 5.41) is 5.84. The highest BCUT2D eigenvalue weighted by atomic mass is 35.5. The van der Waals surface area contributed by atoms with Gasteiger partial charge in [-0.05, 0) is 60.2 Å². The van der Waals surface area contributed by atoms with Crippen molar-refractivity contribution in [3.05, 3.63) is 87.4 Å². The molecular weight excluding hydrogens is 379 g/mol. The normalized spacial score (nSPS) is 10.8. The Kier molecular flexibility index (Phi) is 5.82. The van der Waals surface area contributed by atoms with E-state index < -0.39 is 0 Å². The largest absolute Gasteiger partial charge is 0.457 e. The summed E-state index contributed by atoms with van der Waals surface area (Å²) < 4.78 is 5.79. The smallest absolute Gasteiger partial charge is 0.128 e. The third-order valence-electron chi connectivity index (χ3n) is 3.23. The molecule has 0 spiro atoms. The zero-order valence-corrected chi connectivity index (χ0v) is 15.2. The Morgan fingerprint density at radius 3 is 2.36 bits per heavy atom. The molecule has 0 bridgehead atoms. The number of ether oxygens (including phenoxy) is 1. The summed E-state index contributed by atoms with van der Waals surface area (Å²) in [4.78, 5) is 0. The molecule has 0 aliphatic heterocycles. The van der Waals surface area contributed by atoms with Crippen molar-refractivity contribution in [3.63, 3.8) is 0 Å². The summed E-state index contributed by atoms with van der Waals surface area (Å²) in [7, 11) is 0. The summed E-state index contributed by atoms with van der Waals surface area (Å²) in [5.74, 6) is 1.42. The van der Waals surface area contributed by atoms with Gasteiger partial charge in [-0.1, -0.05) is 46.9 Å². The van der Waals surface area contributed by atoms with Gasteiger partial charge in [0, 0.05) is 5.02 Å². The van der Waals surface area contributed by atoms with Crippen LogP contribution in [0, 0.1) is 0 Å². The van der Waals surface area contributed by atoms with Gasteiger partial charge in [0.2, 0.25) is 0 Å². The average molecular weight is 392 g/mol. The van der Waals surface area contributed by atoms with Gasteiger partial charge >= 0.3 is 0 Å². The van der Waals surface area contributed by atoms with E-state index >= 15 is 0 Å². The molecule has 0 aromatic heterocycles. The fraction of sp³-hybridized carbons (Fsp3) is 0. The molecule has 3 rings (SSSR count). The van der Waals surface area contributed by atoms with Crippen LogP contribution in [-0.2, 0) is 0 Å². The quantitative estimate of drug-likeness (QED) is 0.379. The molecule has 3 aromatic rings. The van der Waals surface area contributed by atoms with Crippen molar-refractivity contribution >= 4 is 46.7 Å². The number of anilines is 1. The van der Waals surface area contributed by atoms with E-state index in [0.717, 1.165) is 11.3 Å². The Bertz CT molecular complexity index is 895. The molecule has 25 heavy (non-hydrogen) atoms. The van der Waals surface area contributed by atoms with Crippen molar-refractivity contribution in [2.75, 3.05) is 5.43 Å². The van der Waals surface area contributed by atoms with Crippen molar-refractivity contribution in [2.45, 2.75) is 0 Å². The standard InChI is InChI=1S/C19H13Cl3N2O/c20-14-4-7-16(8-5-14)25-17-3-1-2-13(10-17)12-23-24-15-6-9-18(21)19(22)11-15/h1-12,24H/b23-12+. The van der Waals surface area contributed by atoms with Crippen LogP contribution in [0.25, 0.3) is 0 Å². The fourth-order valence-corrected chi connectivity index (χ4v) is 2.47. The Labute approximate surface area is 160 Å². The summed E-state index contributed by atoms with van der Waals surface area (Å²) in [5.41, 5.74) is 4.54. The first-order valence-corrected chi connectivity index (χ1v) is 8.51. The van der Waals surface area contributed by atoms with Gasteiger partial charge in [0.15, 0.2) is 0 Å². The molecule has 0 unspecified atom stereocenters. The van der Waals surface area contributed by atoms with Gasteiger partial charge < -0.3 is 4.74 Å². The van der Waals surface area contributed by atoms with Crippen molar-refractivity contribution in [2.24, 2.45) is 5.10 Å². The molecule has 3 aromatic carbocycles. The zero-order chi connectivity index (χ0) is 17.6. The summed E-state index contributed by atoms with van der Waals surface area (Å²) in [6, 6.07) is 20.0. The molecule has 6 heteroatoms. The molecule has 1 N–H and O–H groups in total. The highest BCUT2D eigenvalue weighted by Gasteiger charge is 2.00. The van der Waals surface area contributed by atoms with Crippen molar-refractivity contribution in [1.82, 2.24) is 0 Å². The SMILES string of the molecule is Clc1ccc(Oc2cccc(/C=N/Nc3ccc(Cl)c(Cl)c3)c2)cc1. The molecule has 0 radical (unpaired) electrons. The second-order valence-corrected chi connectivity index (χ2v) is 6.38. The van der Waals surface area contributed by atoms with Crippen LogP contribution in [0.2, 0.25) is 15.1 Å². The molecule has 3 nitrogen and oxygen atoms in total. The predicted molar refractivity (Wildman–Crippen MR) is 106 cm³/mol. The minimum Gasteiger partial charge on any atom is -0.457 e. The lowest BCUT2D eigenvalue weighted by molar-refractivity contribution is 0.482. The maximum Gasteiger partial charge on any atom is 0.128 e. The van der Waals surface area contributed by atoms with Gasteiger partial charge in [0.05, 0.1) is 21.9 Å². The number of benzene rings is 3. The molecule has 0 amide bonds. The molecule has 0 fully saturated rings. The summed E-state index contributed by atoms with van der Waals surface area (Å²) in [6.07, 6.45) is 1.69. The third kappa shape index (κ3) is 5.13. The Hall–Kier alpha value is -2.20. The van der Waals surface area contributed by atoms with Crippen molar-refractivity contribution < 1.29 is 4.74 Å². The van der Waals surface area contributed by atoms with E-state index in [-0.39, 0.29) is 0 Å². The molecule has 0 heterocycles. The van der Waals surface area contributed by atoms with Crippen LogP contribution in [0.5, 0.6) is 11.5 Å². The van der Waals surface area contributed by atoms with E-state index in [1.807, 2.05) is 36.4 Å². The van der Waals surface area contributed by atoms with E-state index in [0.29, 0.717) is 26.6 Å². The maximum atomic E-state index is 5.97. The number of hydrazone groups is 1. The first-order chi connectivity index (χ1) is 12.1. The lowest BCUT2D eigenvalue weighted by Crippen LogP contribution is -1.91. The molecule has 0 saturated carbocycles. The van der Waals surface area contributed by atoms with Crippen LogP contribution < -0.4 is 10.2 Å². The zero-order valence-electron chi connectivity index (χ0n) is 12.9. The Balaban J connectivity index is 1.66. The van der Waals surface area contributed by atoms with Gasteiger partial charge in [0.25, 0.3) is 0 Å². The number of nitrogens with one attached hydrogen (secondary N) is 1. The highest BCUT2D eigenvalue weighted by Crippen LogP contribution is 2.25. The van der Waals surface area contributed by atoms with Gasteiger partial charge in [0.1, 0.15) is 11.5 Å². The topological polar surface area (TPSA) is 33.6 Å². The van der Waals surface area contributed by atoms with Crippen LogP contribution in [-0.4, -0.2) is 6.21 Å². The van der Waals surface area contributed by atoms with Crippen LogP contribution in [0.4, 0.5) is 5.69 Å². The van der Waals surface area contributed by atoms with Crippen LogP contribution in [0.3, 0.4) is 0 Å². The molecule has 0 atom stereocenters. The number of halogens is 3. The minimum atomic E-state index is 0.472. The van der Waals surface area contributed by atoms with Gasteiger partial charge in [-0.3, -0.25) is 5.43 Å². The highest BCUT2D eigenvalue weighted by molar-refractivity contribution is 6.42. The molecular formula is C19H13Cl3N2O. The Morgan fingerprint density at radius 2 is 1.60 bits per heavy atom. The van der Waals surface area contributed by atoms with Crippen LogP contribution in [0.15, 0.2) is 71.8 Å². The molecule has 126 valence electrons. The number of nitrogens with zero attached hydrogens (tertiary/aromatic N) is 1. The number of hydrogen-bond acceptors (Lipinski definition) is 3. The van der Waals surface area contributed by atoms with E-state index in [1.54, 1.807) is 36.5 Å². The van der Waals surface area contributed by atoms with Crippen LogP contribution in [0.1, 0.15) is 5.56 Å². The minimum absolute atomic E-state index is 0.472. The van der Waals surface area contributed by atoms with E-state index in [2.05, 4.69) is 10.5 Å². The number of hydrogen-bond donors (Lipinski definition) is 1. The van der Waals surface area contributed by atoms with Gasteiger partial charge in [-0.25, -0.2) is 0 Å². The maximum absolute atomic E-state index is 5.97. The van der Waals surface area contributed by atoms with Crippen molar-refractivity contribution in [3.8, 4) is 11.5 Å². The molecule has 0 aliphatic rings. The predicted octanol–water partition coefficient (Wildman–Crippen LogP) is 6.89. The van der Waals surface area contributed by atoms with E-state index in [1.165, 1.54) is 0 Å². The van der Waals surface area contributed by atoms with Crippen LogP contribution >= 0.6 is 34.8 Å². The summed E-state index contributed by atoms with van der Waals surface area (Å²) in [6.45, 7) is 0. The average Bonchev–Trinajstić information content (AvgIpc) is 2.60. The summed E-state index contributed by atoms with van der Waals surface area (Å²) >= 11 is 17.7. The van der Waals surface area contributed by atoms with E-state index in [9.17, 15) is 0 Å². The van der Waals surface area contributed by atoms with Gasteiger partial charge in [-0.15, -0.1) is 0 Å². The second-order valence-electron chi connectivity index (χ2n) is 5.13. The lowest BCUT2D eigenvalue weighted by atomic mass is 10.2. The Morgan fingerprint density at radius 1 is 0.800 bits per heavy atom. The fourth-order valence-electron chi connectivity index (χ4n) is 2.04. The molecule has 0 aliphatic carbocycles. The third-order valence-corrected chi connectivity index (χ3v) is 4.23.